The maximum absolute atomic E-state index is 14.3. The van der Waals surface area contributed by atoms with E-state index in [1.807, 2.05) is 31.2 Å². The molecular weight excluding hydrogens is 413 g/mol. The Morgan fingerprint density at radius 1 is 1.13 bits per heavy atom. The van der Waals surface area contributed by atoms with Gasteiger partial charge in [-0.05, 0) is 62.6 Å². The molecular formula is C26H33ClFNO2. The summed E-state index contributed by atoms with van der Waals surface area (Å²) >= 11 is 6.50. The molecule has 1 atom stereocenters. The number of rotatable bonds is 8. The molecule has 5 heteroatoms. The van der Waals surface area contributed by atoms with E-state index >= 15 is 0 Å². The van der Waals surface area contributed by atoms with Crippen molar-refractivity contribution in [3.05, 3.63) is 70.5 Å². The lowest BCUT2D eigenvalue weighted by atomic mass is 9.68. The Morgan fingerprint density at radius 3 is 2.45 bits per heavy atom. The largest absolute Gasteiger partial charge is 0.376 e. The highest BCUT2D eigenvalue weighted by Gasteiger charge is 2.41. The van der Waals surface area contributed by atoms with Gasteiger partial charge in [0.1, 0.15) is 5.82 Å². The number of carbonyl (C=O) groups is 1. The predicted molar refractivity (Wildman–Crippen MR) is 124 cm³/mol. The van der Waals surface area contributed by atoms with E-state index in [0.29, 0.717) is 31.7 Å². The van der Waals surface area contributed by atoms with Gasteiger partial charge in [0.25, 0.3) is 0 Å². The Hall–Kier alpha value is -1.91. The fourth-order valence-corrected chi connectivity index (χ4v) is 5.01. The van der Waals surface area contributed by atoms with Crippen molar-refractivity contribution in [2.75, 3.05) is 13.2 Å². The summed E-state index contributed by atoms with van der Waals surface area (Å²) in [6.45, 7) is 7.67. The summed E-state index contributed by atoms with van der Waals surface area (Å²) in [5.41, 5.74) is 1.42. The Bertz CT molecular complexity index is 900. The lowest BCUT2D eigenvalue weighted by molar-refractivity contribution is -0.133. The molecule has 1 saturated heterocycles. The van der Waals surface area contributed by atoms with Gasteiger partial charge < -0.3 is 9.64 Å². The highest BCUT2D eigenvalue weighted by molar-refractivity contribution is 6.31. The first-order valence-corrected chi connectivity index (χ1v) is 11.5. The second-order valence-corrected chi connectivity index (χ2v) is 9.72. The molecule has 3 nitrogen and oxygen atoms in total. The summed E-state index contributed by atoms with van der Waals surface area (Å²) < 4.78 is 20.3. The van der Waals surface area contributed by atoms with Crippen LogP contribution in [0, 0.1) is 11.2 Å². The van der Waals surface area contributed by atoms with Gasteiger partial charge in [0.2, 0.25) is 5.91 Å². The van der Waals surface area contributed by atoms with Crippen molar-refractivity contribution >= 4 is 17.5 Å². The Balaban J connectivity index is 1.82. The van der Waals surface area contributed by atoms with Gasteiger partial charge in [0.05, 0.1) is 5.60 Å². The van der Waals surface area contributed by atoms with E-state index in [2.05, 4.69) is 19.9 Å². The van der Waals surface area contributed by atoms with Gasteiger partial charge in [-0.2, -0.15) is 0 Å². The molecule has 1 aliphatic heterocycles. The van der Waals surface area contributed by atoms with Gasteiger partial charge in [-0.15, -0.1) is 0 Å². The van der Waals surface area contributed by atoms with Crippen LogP contribution in [0.15, 0.2) is 48.5 Å². The average Bonchev–Trinajstić information content (AvgIpc) is 2.73. The van der Waals surface area contributed by atoms with Crippen LogP contribution in [0.3, 0.4) is 0 Å². The fraction of sp³-hybridized carbons (Fsp3) is 0.500. The Labute approximate surface area is 190 Å². The summed E-state index contributed by atoms with van der Waals surface area (Å²) in [4.78, 5) is 14.5. The molecule has 0 unspecified atom stereocenters. The topological polar surface area (TPSA) is 29.5 Å². The molecule has 0 bridgehead atoms. The molecule has 1 heterocycles. The summed E-state index contributed by atoms with van der Waals surface area (Å²) in [5.74, 6) is -0.225. The van der Waals surface area contributed by atoms with Gasteiger partial charge in [0.15, 0.2) is 0 Å². The van der Waals surface area contributed by atoms with Crippen LogP contribution >= 0.6 is 11.6 Å². The van der Waals surface area contributed by atoms with Gasteiger partial charge >= 0.3 is 0 Å². The summed E-state index contributed by atoms with van der Waals surface area (Å²) in [5, 5.41) is 0.777. The van der Waals surface area contributed by atoms with E-state index in [9.17, 15) is 9.18 Å². The molecule has 0 N–H and O–H groups in total. The molecule has 0 radical (unpaired) electrons. The highest BCUT2D eigenvalue weighted by atomic mass is 35.5. The molecule has 0 saturated carbocycles. The summed E-state index contributed by atoms with van der Waals surface area (Å²) in [6, 6.07) is 14.7. The van der Waals surface area contributed by atoms with Crippen LogP contribution in [0.25, 0.3) is 0 Å². The number of ether oxygens (including phenoxy) is 1. The zero-order valence-electron chi connectivity index (χ0n) is 18.8. The standard InChI is InChI=1S/C26H33ClFNO2/c1-4-24(30)29(18-21-10-6-8-12-23(21)28)15-13-26(14-16-31-25(2,3)19-26)17-20-9-5-7-11-22(20)27/h5-12H,4,13-19H2,1-3H3/t26-/m0/s1. The van der Waals surface area contributed by atoms with Gasteiger partial charge in [-0.3, -0.25) is 4.79 Å². The van der Waals surface area contributed by atoms with Gasteiger partial charge in [-0.1, -0.05) is 54.9 Å². The molecule has 1 aliphatic rings. The van der Waals surface area contributed by atoms with Crippen molar-refractivity contribution in [1.29, 1.82) is 0 Å². The number of halogens is 2. The lowest BCUT2D eigenvalue weighted by Gasteiger charge is -2.46. The highest BCUT2D eigenvalue weighted by Crippen LogP contribution is 2.45. The summed E-state index contributed by atoms with van der Waals surface area (Å²) in [6.07, 6.45) is 3.87. The minimum atomic E-state index is -0.269. The number of hydrogen-bond donors (Lipinski definition) is 0. The maximum Gasteiger partial charge on any atom is 0.222 e. The van der Waals surface area contributed by atoms with Crippen molar-refractivity contribution in [3.8, 4) is 0 Å². The van der Waals surface area contributed by atoms with Crippen LogP contribution in [0.4, 0.5) is 4.39 Å². The van der Waals surface area contributed by atoms with Gasteiger partial charge in [-0.25, -0.2) is 4.39 Å². The van der Waals surface area contributed by atoms with Crippen molar-refractivity contribution in [1.82, 2.24) is 4.90 Å². The fourth-order valence-electron chi connectivity index (χ4n) is 4.80. The number of carbonyl (C=O) groups excluding carboxylic acids is 1. The second kappa shape index (κ2) is 10.1. The summed E-state index contributed by atoms with van der Waals surface area (Å²) in [7, 11) is 0. The molecule has 168 valence electrons. The van der Waals surface area contributed by atoms with E-state index in [0.717, 1.165) is 36.3 Å². The first kappa shape index (κ1) is 23.7. The Kier molecular flexibility index (Phi) is 7.77. The van der Waals surface area contributed by atoms with E-state index in [4.69, 9.17) is 16.3 Å². The molecule has 1 fully saturated rings. The zero-order chi connectivity index (χ0) is 22.5. The molecule has 0 spiro atoms. The third-order valence-electron chi connectivity index (χ3n) is 6.34. The van der Waals surface area contributed by atoms with E-state index in [1.54, 1.807) is 17.0 Å². The Morgan fingerprint density at radius 2 is 1.81 bits per heavy atom. The maximum atomic E-state index is 14.3. The van der Waals surface area contributed by atoms with E-state index < -0.39 is 0 Å². The predicted octanol–water partition coefficient (Wildman–Crippen LogP) is 6.43. The number of hydrogen-bond acceptors (Lipinski definition) is 2. The van der Waals surface area contributed by atoms with Crippen LogP contribution in [-0.2, 0) is 22.5 Å². The second-order valence-electron chi connectivity index (χ2n) is 9.31. The van der Waals surface area contributed by atoms with E-state index in [1.165, 1.54) is 6.07 Å². The van der Waals surface area contributed by atoms with Crippen molar-refractivity contribution in [2.45, 2.75) is 65.0 Å². The van der Waals surface area contributed by atoms with Crippen LogP contribution < -0.4 is 0 Å². The lowest BCUT2D eigenvalue weighted by Crippen LogP contribution is -2.44. The number of benzene rings is 2. The normalized spacial score (nSPS) is 20.4. The average molecular weight is 446 g/mol. The minimum absolute atomic E-state index is 0.0335. The van der Waals surface area contributed by atoms with Crippen molar-refractivity contribution < 1.29 is 13.9 Å². The molecule has 0 aromatic heterocycles. The van der Waals surface area contributed by atoms with Crippen LogP contribution in [0.5, 0.6) is 0 Å². The van der Waals surface area contributed by atoms with Crippen molar-refractivity contribution in [2.24, 2.45) is 5.41 Å². The minimum Gasteiger partial charge on any atom is -0.376 e. The first-order chi connectivity index (χ1) is 14.7. The SMILES string of the molecule is CCC(=O)N(CC[C@@]1(Cc2ccccc2Cl)CCOC(C)(C)C1)Cc1ccccc1F. The van der Waals surface area contributed by atoms with E-state index in [-0.39, 0.29) is 22.7 Å². The number of nitrogens with zero attached hydrogens (tertiary/aromatic N) is 1. The molecule has 0 aliphatic carbocycles. The molecule has 2 aromatic rings. The molecule has 2 aromatic carbocycles. The smallest absolute Gasteiger partial charge is 0.222 e. The zero-order valence-corrected chi connectivity index (χ0v) is 19.6. The third kappa shape index (κ3) is 6.30. The quantitative estimate of drug-likeness (QED) is 0.468. The molecule has 31 heavy (non-hydrogen) atoms. The monoisotopic (exact) mass is 445 g/mol. The first-order valence-electron chi connectivity index (χ1n) is 11.1. The van der Waals surface area contributed by atoms with Crippen LogP contribution in [-0.4, -0.2) is 29.6 Å². The third-order valence-corrected chi connectivity index (χ3v) is 6.70. The van der Waals surface area contributed by atoms with Crippen LogP contribution in [0.2, 0.25) is 5.02 Å². The number of amides is 1. The molecule has 3 rings (SSSR count). The van der Waals surface area contributed by atoms with Crippen molar-refractivity contribution in [3.63, 3.8) is 0 Å². The van der Waals surface area contributed by atoms with Crippen LogP contribution in [0.1, 0.15) is 57.6 Å². The molecule has 1 amide bonds. The van der Waals surface area contributed by atoms with Gasteiger partial charge in [0, 0.05) is 36.7 Å².